The van der Waals surface area contributed by atoms with Gasteiger partial charge in [0.2, 0.25) is 0 Å². The number of pyridine rings is 1. The van der Waals surface area contributed by atoms with Crippen LogP contribution in [0.4, 0.5) is 11.4 Å². The fourth-order valence-electron chi connectivity index (χ4n) is 2.82. The van der Waals surface area contributed by atoms with Gasteiger partial charge in [-0.25, -0.2) is 4.98 Å². The van der Waals surface area contributed by atoms with Crippen LogP contribution in [0.3, 0.4) is 0 Å². The van der Waals surface area contributed by atoms with Crippen LogP contribution in [0.1, 0.15) is 26.7 Å². The van der Waals surface area contributed by atoms with E-state index in [9.17, 15) is 0 Å². The van der Waals surface area contributed by atoms with Gasteiger partial charge in [0.25, 0.3) is 0 Å². The lowest BCUT2D eigenvalue weighted by molar-refractivity contribution is 0.929. The highest BCUT2D eigenvalue weighted by Crippen LogP contribution is 2.24. The predicted molar refractivity (Wildman–Crippen MR) is 127 cm³/mol. The summed E-state index contributed by atoms with van der Waals surface area (Å²) in [7, 11) is 0. The van der Waals surface area contributed by atoms with Crippen LogP contribution in [-0.2, 0) is 0 Å². The van der Waals surface area contributed by atoms with Gasteiger partial charge >= 0.3 is 0 Å². The maximum atomic E-state index is 5.91. The predicted octanol–water partition coefficient (Wildman–Crippen LogP) is 4.08. The molecule has 1 heterocycles. The Labute approximate surface area is 177 Å². The highest BCUT2D eigenvalue weighted by Gasteiger charge is 2.04. The van der Waals surface area contributed by atoms with Gasteiger partial charge in [0.1, 0.15) is 0 Å². The summed E-state index contributed by atoms with van der Waals surface area (Å²) in [5.41, 5.74) is 15.3. The largest absolute Gasteiger partial charge is 0.370 e. The third-order valence-electron chi connectivity index (χ3n) is 4.17. The molecule has 0 saturated carbocycles. The maximum Gasteiger partial charge on any atom is 0.193 e. The van der Waals surface area contributed by atoms with Gasteiger partial charge in [0, 0.05) is 35.2 Å². The minimum Gasteiger partial charge on any atom is -0.370 e. The number of rotatable bonds is 6. The number of fused-ring (bicyclic) bond motifs is 2. The third kappa shape index (κ3) is 5.96. The SMILES string of the molecule is CCCN=C(N)Nc1ccc2cc3ccc(NC(N)=NCCC)cc3nc2c1.Cl. The molecule has 0 spiro atoms. The minimum absolute atomic E-state index is 0. The summed E-state index contributed by atoms with van der Waals surface area (Å²) in [5.74, 6) is 0.825. The first-order valence-electron chi connectivity index (χ1n) is 9.57. The van der Waals surface area contributed by atoms with Crippen molar-refractivity contribution in [2.45, 2.75) is 26.7 Å². The van der Waals surface area contributed by atoms with E-state index >= 15 is 0 Å². The number of nitrogens with zero attached hydrogens (tertiary/aromatic N) is 3. The molecule has 1 aromatic heterocycles. The molecule has 0 aliphatic heterocycles. The molecule has 6 N–H and O–H groups in total. The Kier molecular flexibility index (Phi) is 8.03. The Hall–Kier alpha value is -3.06. The van der Waals surface area contributed by atoms with Gasteiger partial charge in [-0.3, -0.25) is 9.98 Å². The van der Waals surface area contributed by atoms with E-state index in [1.165, 1.54) is 0 Å². The first-order chi connectivity index (χ1) is 13.6. The number of benzene rings is 2. The lowest BCUT2D eigenvalue weighted by Crippen LogP contribution is -2.22. The molecule has 29 heavy (non-hydrogen) atoms. The van der Waals surface area contributed by atoms with E-state index in [1.807, 2.05) is 36.4 Å². The molecule has 8 heteroatoms. The van der Waals surface area contributed by atoms with Gasteiger partial charge in [0.05, 0.1) is 11.0 Å². The molecule has 0 amide bonds. The Bertz CT molecular complexity index is 951. The zero-order valence-corrected chi connectivity index (χ0v) is 17.6. The summed E-state index contributed by atoms with van der Waals surface area (Å²) in [6.45, 7) is 5.54. The lowest BCUT2D eigenvalue weighted by atomic mass is 10.1. The Morgan fingerprint density at radius 2 is 1.24 bits per heavy atom. The highest BCUT2D eigenvalue weighted by atomic mass is 35.5. The normalized spacial score (nSPS) is 12.1. The summed E-state index contributed by atoms with van der Waals surface area (Å²) in [4.78, 5) is 13.3. The summed E-state index contributed by atoms with van der Waals surface area (Å²) in [5, 5.41) is 8.36. The molecule has 3 aromatic rings. The van der Waals surface area contributed by atoms with Crippen molar-refractivity contribution in [3.63, 3.8) is 0 Å². The molecule has 0 fully saturated rings. The monoisotopic (exact) mass is 413 g/mol. The van der Waals surface area contributed by atoms with E-state index in [0.29, 0.717) is 25.0 Å². The average molecular weight is 414 g/mol. The molecular formula is C21H28ClN7. The number of aliphatic imine (C=N–C) groups is 2. The van der Waals surface area contributed by atoms with E-state index < -0.39 is 0 Å². The van der Waals surface area contributed by atoms with Gasteiger partial charge < -0.3 is 22.1 Å². The van der Waals surface area contributed by atoms with Crippen molar-refractivity contribution < 1.29 is 0 Å². The molecular weight excluding hydrogens is 386 g/mol. The van der Waals surface area contributed by atoms with Gasteiger partial charge in [-0.2, -0.15) is 0 Å². The van der Waals surface area contributed by atoms with Crippen LogP contribution in [0.2, 0.25) is 0 Å². The second kappa shape index (κ2) is 10.5. The van der Waals surface area contributed by atoms with E-state index in [4.69, 9.17) is 16.5 Å². The van der Waals surface area contributed by atoms with E-state index in [-0.39, 0.29) is 12.4 Å². The standard InChI is InChI=1S/C21H27N7.ClH/c1-3-9-24-20(22)26-16-7-5-14-11-15-6-8-17(27-21(23)25-10-4-2)13-19(15)28-18(14)12-16;/h5-8,11-13H,3-4,9-10H2,1-2H3,(H3,22,24,26)(H3,23,25,27);1H. The van der Waals surface area contributed by atoms with Gasteiger partial charge in [-0.05, 0) is 43.2 Å². The highest BCUT2D eigenvalue weighted by molar-refractivity contribution is 5.99. The van der Waals surface area contributed by atoms with Crippen LogP contribution in [0.25, 0.3) is 21.8 Å². The maximum absolute atomic E-state index is 5.91. The van der Waals surface area contributed by atoms with Crippen molar-refractivity contribution in [3.05, 3.63) is 42.5 Å². The average Bonchev–Trinajstić information content (AvgIpc) is 2.69. The van der Waals surface area contributed by atoms with Crippen LogP contribution in [0.15, 0.2) is 52.4 Å². The number of nitrogens with one attached hydrogen (secondary N) is 2. The summed E-state index contributed by atoms with van der Waals surface area (Å²) < 4.78 is 0. The lowest BCUT2D eigenvalue weighted by Gasteiger charge is -2.09. The molecule has 0 bridgehead atoms. The fraction of sp³-hybridized carbons (Fsp3) is 0.286. The Morgan fingerprint density at radius 1 is 0.793 bits per heavy atom. The van der Waals surface area contributed by atoms with Crippen LogP contribution >= 0.6 is 12.4 Å². The molecule has 0 unspecified atom stereocenters. The second-order valence-electron chi connectivity index (χ2n) is 6.59. The van der Waals surface area contributed by atoms with Crippen LogP contribution in [-0.4, -0.2) is 30.0 Å². The first kappa shape index (κ1) is 22.2. The minimum atomic E-state index is 0. The molecule has 2 aromatic carbocycles. The molecule has 0 saturated heterocycles. The zero-order chi connectivity index (χ0) is 19.9. The molecule has 0 aliphatic carbocycles. The van der Waals surface area contributed by atoms with E-state index in [2.05, 4.69) is 40.5 Å². The summed E-state index contributed by atoms with van der Waals surface area (Å²) >= 11 is 0. The van der Waals surface area contributed by atoms with Crippen molar-refractivity contribution >= 4 is 57.5 Å². The third-order valence-corrected chi connectivity index (χ3v) is 4.17. The summed E-state index contributed by atoms with van der Waals surface area (Å²) in [6.07, 6.45) is 1.91. The number of hydrogen-bond acceptors (Lipinski definition) is 3. The molecule has 0 aliphatic rings. The van der Waals surface area contributed by atoms with Gasteiger partial charge in [-0.15, -0.1) is 12.4 Å². The van der Waals surface area contributed by atoms with Crippen LogP contribution in [0.5, 0.6) is 0 Å². The Balaban J connectivity index is 0.00000300. The van der Waals surface area contributed by atoms with Crippen LogP contribution in [0, 0.1) is 0 Å². The number of hydrogen-bond donors (Lipinski definition) is 4. The topological polar surface area (TPSA) is 114 Å². The second-order valence-corrected chi connectivity index (χ2v) is 6.59. The number of guanidine groups is 2. The quantitative estimate of drug-likeness (QED) is 0.276. The van der Waals surface area contributed by atoms with Gasteiger partial charge in [0.15, 0.2) is 11.9 Å². The zero-order valence-electron chi connectivity index (χ0n) is 16.8. The molecule has 0 atom stereocenters. The Morgan fingerprint density at radius 3 is 1.66 bits per heavy atom. The van der Waals surface area contributed by atoms with Gasteiger partial charge in [-0.1, -0.05) is 26.0 Å². The number of halogens is 1. The molecule has 3 rings (SSSR count). The van der Waals surface area contributed by atoms with E-state index in [0.717, 1.165) is 46.0 Å². The fourth-order valence-corrected chi connectivity index (χ4v) is 2.82. The number of aromatic nitrogens is 1. The number of anilines is 2. The van der Waals surface area contributed by atoms with Crippen molar-refractivity contribution in [1.82, 2.24) is 4.98 Å². The van der Waals surface area contributed by atoms with Crippen molar-refractivity contribution in [2.75, 3.05) is 23.7 Å². The number of nitrogens with two attached hydrogens (primary N) is 2. The molecule has 154 valence electrons. The smallest absolute Gasteiger partial charge is 0.193 e. The van der Waals surface area contributed by atoms with E-state index in [1.54, 1.807) is 0 Å². The molecule has 0 radical (unpaired) electrons. The van der Waals surface area contributed by atoms with Crippen molar-refractivity contribution in [3.8, 4) is 0 Å². The molecule has 7 nitrogen and oxygen atoms in total. The van der Waals surface area contributed by atoms with Crippen LogP contribution < -0.4 is 22.1 Å². The van der Waals surface area contributed by atoms with Crippen molar-refractivity contribution in [1.29, 1.82) is 0 Å². The first-order valence-corrected chi connectivity index (χ1v) is 9.57. The summed E-state index contributed by atoms with van der Waals surface area (Å²) in [6, 6.07) is 14.1. The van der Waals surface area contributed by atoms with Crippen molar-refractivity contribution in [2.24, 2.45) is 21.5 Å².